The second kappa shape index (κ2) is 8.32. The Kier molecular flexibility index (Phi) is 6.43. The van der Waals surface area contributed by atoms with Gasteiger partial charge in [-0.05, 0) is 51.8 Å². The van der Waals surface area contributed by atoms with Crippen LogP contribution in [-0.4, -0.2) is 46.8 Å². The molecule has 22 heavy (non-hydrogen) atoms. The summed E-state index contributed by atoms with van der Waals surface area (Å²) in [7, 11) is 0. The molecule has 0 spiro atoms. The van der Waals surface area contributed by atoms with Crippen LogP contribution in [0, 0.1) is 5.92 Å². The van der Waals surface area contributed by atoms with E-state index in [1.165, 1.54) is 32.4 Å². The molecule has 0 aliphatic carbocycles. The summed E-state index contributed by atoms with van der Waals surface area (Å²) in [6.07, 6.45) is 6.31. The molecule has 1 N–H and O–H groups in total. The largest absolute Gasteiger partial charge is 0.355 e. The molecule has 1 aromatic rings. The van der Waals surface area contributed by atoms with Gasteiger partial charge in [0.2, 0.25) is 5.91 Å². The first-order valence-corrected chi connectivity index (χ1v) is 8.57. The van der Waals surface area contributed by atoms with Gasteiger partial charge in [-0.25, -0.2) is 0 Å². The first kappa shape index (κ1) is 17.0. The number of nitrogens with one attached hydrogen (secondary N) is 1. The number of carbonyl (C=O) groups excluding carboxylic acids is 1. The highest BCUT2D eigenvalue weighted by Crippen LogP contribution is 2.10. The molecule has 0 bridgehead atoms. The van der Waals surface area contributed by atoms with Crippen LogP contribution in [0.5, 0.6) is 0 Å². The molecule has 1 aliphatic heterocycles. The Bertz CT molecular complexity index is 463. The number of amides is 1. The Labute approximate surface area is 134 Å². The molecule has 2 heterocycles. The van der Waals surface area contributed by atoms with Gasteiger partial charge in [0.05, 0.1) is 12.1 Å². The standard InChI is InChI=1S/C17H30N4O/c1-14(2)21-10-7-16(19-21)11-17(22)18-12-15(3)13-20-8-5-4-6-9-20/h7,10,14-15H,4-6,8-9,11-13H2,1-3H3,(H,18,22). The fraction of sp³-hybridized carbons (Fsp3) is 0.765. The second-order valence-electron chi connectivity index (χ2n) is 6.83. The molecule has 0 aromatic carbocycles. The number of nitrogens with zero attached hydrogens (tertiary/aromatic N) is 3. The number of carbonyl (C=O) groups is 1. The van der Waals surface area contributed by atoms with E-state index in [-0.39, 0.29) is 5.91 Å². The third kappa shape index (κ3) is 5.44. The molecule has 5 nitrogen and oxygen atoms in total. The topological polar surface area (TPSA) is 50.2 Å². The first-order valence-electron chi connectivity index (χ1n) is 8.57. The van der Waals surface area contributed by atoms with Gasteiger partial charge in [-0.2, -0.15) is 5.10 Å². The van der Waals surface area contributed by atoms with Crippen LogP contribution in [0.15, 0.2) is 12.3 Å². The molecule has 0 saturated carbocycles. The Morgan fingerprint density at radius 2 is 2.00 bits per heavy atom. The van der Waals surface area contributed by atoms with Gasteiger partial charge in [0, 0.05) is 25.3 Å². The van der Waals surface area contributed by atoms with Crippen molar-refractivity contribution in [3.63, 3.8) is 0 Å². The van der Waals surface area contributed by atoms with Gasteiger partial charge < -0.3 is 10.2 Å². The minimum Gasteiger partial charge on any atom is -0.355 e. The fourth-order valence-corrected chi connectivity index (χ4v) is 2.92. The number of hydrogen-bond acceptors (Lipinski definition) is 3. The highest BCUT2D eigenvalue weighted by atomic mass is 16.1. The Morgan fingerprint density at radius 3 is 2.64 bits per heavy atom. The summed E-state index contributed by atoms with van der Waals surface area (Å²) in [5.74, 6) is 0.565. The molecule has 1 aromatic heterocycles. The molecular formula is C17H30N4O. The van der Waals surface area contributed by atoms with Crippen molar-refractivity contribution in [1.29, 1.82) is 0 Å². The maximum Gasteiger partial charge on any atom is 0.226 e. The molecule has 2 rings (SSSR count). The molecule has 1 fully saturated rings. The van der Waals surface area contributed by atoms with Crippen LogP contribution in [0.1, 0.15) is 51.8 Å². The van der Waals surface area contributed by atoms with Crippen molar-refractivity contribution in [2.45, 2.75) is 52.5 Å². The quantitative estimate of drug-likeness (QED) is 0.840. The van der Waals surface area contributed by atoms with E-state index in [0.29, 0.717) is 18.4 Å². The Hall–Kier alpha value is -1.36. The van der Waals surface area contributed by atoms with Crippen LogP contribution in [0.2, 0.25) is 0 Å². The minimum atomic E-state index is 0.0690. The van der Waals surface area contributed by atoms with Crippen molar-refractivity contribution in [3.05, 3.63) is 18.0 Å². The summed E-state index contributed by atoms with van der Waals surface area (Å²) >= 11 is 0. The number of rotatable bonds is 7. The van der Waals surface area contributed by atoms with Crippen LogP contribution in [0.3, 0.4) is 0 Å². The summed E-state index contributed by atoms with van der Waals surface area (Å²) in [4.78, 5) is 14.5. The van der Waals surface area contributed by atoms with Gasteiger partial charge in [-0.1, -0.05) is 13.3 Å². The van der Waals surface area contributed by atoms with Crippen molar-refractivity contribution in [2.75, 3.05) is 26.2 Å². The SMILES string of the molecule is CC(CNC(=O)Cc1ccn(C(C)C)n1)CN1CCCCC1. The Balaban J connectivity index is 1.67. The summed E-state index contributed by atoms with van der Waals surface area (Å²) in [5, 5.41) is 7.46. The molecule has 1 saturated heterocycles. The molecule has 1 unspecified atom stereocenters. The van der Waals surface area contributed by atoms with E-state index in [1.807, 2.05) is 16.9 Å². The zero-order chi connectivity index (χ0) is 15.9. The lowest BCUT2D eigenvalue weighted by molar-refractivity contribution is -0.120. The predicted octanol–water partition coefficient (Wildman–Crippen LogP) is 2.24. The molecule has 5 heteroatoms. The predicted molar refractivity (Wildman–Crippen MR) is 88.8 cm³/mol. The van der Waals surface area contributed by atoms with Crippen LogP contribution < -0.4 is 5.32 Å². The first-order chi connectivity index (χ1) is 10.5. The van der Waals surface area contributed by atoms with Crippen LogP contribution in [0.25, 0.3) is 0 Å². The van der Waals surface area contributed by atoms with E-state index < -0.39 is 0 Å². The van der Waals surface area contributed by atoms with Gasteiger partial charge in [0.1, 0.15) is 0 Å². The number of aromatic nitrogens is 2. The third-order valence-corrected chi connectivity index (χ3v) is 4.20. The van der Waals surface area contributed by atoms with Crippen molar-refractivity contribution in [2.24, 2.45) is 5.92 Å². The van der Waals surface area contributed by atoms with Crippen molar-refractivity contribution < 1.29 is 4.79 Å². The highest BCUT2D eigenvalue weighted by Gasteiger charge is 2.14. The zero-order valence-electron chi connectivity index (χ0n) is 14.2. The zero-order valence-corrected chi connectivity index (χ0v) is 14.2. The lowest BCUT2D eigenvalue weighted by Gasteiger charge is -2.29. The van der Waals surface area contributed by atoms with Gasteiger partial charge in [-0.15, -0.1) is 0 Å². The van der Waals surface area contributed by atoms with Crippen LogP contribution in [-0.2, 0) is 11.2 Å². The van der Waals surface area contributed by atoms with Crippen molar-refractivity contribution in [1.82, 2.24) is 20.0 Å². The molecule has 0 radical (unpaired) electrons. The number of hydrogen-bond donors (Lipinski definition) is 1. The molecule has 1 aliphatic rings. The van der Waals surface area contributed by atoms with E-state index >= 15 is 0 Å². The van der Waals surface area contributed by atoms with Gasteiger partial charge in [0.15, 0.2) is 0 Å². The molecule has 1 atom stereocenters. The third-order valence-electron chi connectivity index (χ3n) is 4.20. The average Bonchev–Trinajstić information content (AvgIpc) is 2.95. The average molecular weight is 306 g/mol. The number of piperidine rings is 1. The smallest absolute Gasteiger partial charge is 0.226 e. The monoisotopic (exact) mass is 306 g/mol. The second-order valence-corrected chi connectivity index (χ2v) is 6.83. The van der Waals surface area contributed by atoms with Crippen LogP contribution in [0.4, 0.5) is 0 Å². The molecule has 1 amide bonds. The van der Waals surface area contributed by atoms with Crippen LogP contribution >= 0.6 is 0 Å². The van der Waals surface area contributed by atoms with Gasteiger partial charge in [0.25, 0.3) is 0 Å². The highest BCUT2D eigenvalue weighted by molar-refractivity contribution is 5.78. The van der Waals surface area contributed by atoms with E-state index in [2.05, 4.69) is 36.1 Å². The van der Waals surface area contributed by atoms with E-state index in [4.69, 9.17) is 0 Å². The fourth-order valence-electron chi connectivity index (χ4n) is 2.92. The van der Waals surface area contributed by atoms with E-state index in [0.717, 1.165) is 18.8 Å². The van der Waals surface area contributed by atoms with E-state index in [9.17, 15) is 4.79 Å². The summed E-state index contributed by atoms with van der Waals surface area (Å²) < 4.78 is 1.89. The maximum atomic E-state index is 12.0. The lowest BCUT2D eigenvalue weighted by Crippen LogP contribution is -2.38. The maximum absolute atomic E-state index is 12.0. The van der Waals surface area contributed by atoms with Crippen molar-refractivity contribution in [3.8, 4) is 0 Å². The summed E-state index contributed by atoms with van der Waals surface area (Å²) in [6, 6.07) is 2.26. The summed E-state index contributed by atoms with van der Waals surface area (Å²) in [6.45, 7) is 10.6. The minimum absolute atomic E-state index is 0.0690. The normalized spacial score (nSPS) is 17.6. The molecule has 124 valence electrons. The summed E-state index contributed by atoms with van der Waals surface area (Å²) in [5.41, 5.74) is 0.842. The lowest BCUT2D eigenvalue weighted by atomic mass is 10.1. The molecular weight excluding hydrogens is 276 g/mol. The Morgan fingerprint density at radius 1 is 1.27 bits per heavy atom. The number of likely N-dealkylation sites (tertiary alicyclic amines) is 1. The van der Waals surface area contributed by atoms with Gasteiger partial charge >= 0.3 is 0 Å². The van der Waals surface area contributed by atoms with Crippen molar-refractivity contribution >= 4 is 5.91 Å². The van der Waals surface area contributed by atoms with Gasteiger partial charge in [-0.3, -0.25) is 9.48 Å². The van der Waals surface area contributed by atoms with E-state index in [1.54, 1.807) is 0 Å².